The molecule has 0 aliphatic carbocycles. The van der Waals surface area contributed by atoms with Crippen molar-refractivity contribution in [1.82, 2.24) is 5.43 Å². The van der Waals surface area contributed by atoms with E-state index in [0.717, 1.165) is 4.47 Å². The van der Waals surface area contributed by atoms with Crippen molar-refractivity contribution >= 4 is 45.5 Å². The van der Waals surface area contributed by atoms with Crippen LogP contribution in [0, 0.1) is 0 Å². The summed E-state index contributed by atoms with van der Waals surface area (Å²) in [5.74, 6) is -1.56. The van der Waals surface area contributed by atoms with E-state index in [1.807, 2.05) is 6.07 Å². The number of carboxylic acids is 1. The minimum Gasteiger partial charge on any atom is -0.488 e. The summed E-state index contributed by atoms with van der Waals surface area (Å²) in [6, 6.07) is 20.5. The van der Waals surface area contributed by atoms with Crippen LogP contribution in [0.25, 0.3) is 6.08 Å². The van der Waals surface area contributed by atoms with E-state index in [1.165, 1.54) is 23.2 Å². The maximum absolute atomic E-state index is 12.9. The molecule has 0 aromatic heterocycles. The molecule has 2 amide bonds. The lowest BCUT2D eigenvalue weighted by Gasteiger charge is -2.14. The van der Waals surface area contributed by atoms with Crippen LogP contribution in [0.4, 0.5) is 5.69 Å². The fourth-order valence-corrected chi connectivity index (χ4v) is 3.57. The molecule has 32 heavy (non-hydrogen) atoms. The second kappa shape index (κ2) is 9.07. The molecule has 0 unspecified atom stereocenters. The molecular weight excluding hydrogens is 476 g/mol. The van der Waals surface area contributed by atoms with Gasteiger partial charge in [-0.2, -0.15) is 0 Å². The Bertz CT molecular complexity index is 1240. The molecule has 0 bridgehead atoms. The number of rotatable bonds is 6. The van der Waals surface area contributed by atoms with Crippen molar-refractivity contribution < 1.29 is 24.2 Å². The minimum absolute atomic E-state index is 0.0234. The van der Waals surface area contributed by atoms with E-state index in [1.54, 1.807) is 54.6 Å². The maximum atomic E-state index is 12.9. The summed E-state index contributed by atoms with van der Waals surface area (Å²) in [5, 5.41) is 10.4. The van der Waals surface area contributed by atoms with E-state index in [9.17, 15) is 14.4 Å². The van der Waals surface area contributed by atoms with Crippen molar-refractivity contribution in [2.24, 2.45) is 0 Å². The number of hydrogen-bond acceptors (Lipinski definition) is 4. The molecule has 4 rings (SSSR count). The third kappa shape index (κ3) is 4.55. The Balaban J connectivity index is 1.60. The van der Waals surface area contributed by atoms with Crippen molar-refractivity contribution in [2.75, 3.05) is 5.01 Å². The number of ether oxygens (including phenoxy) is 1. The number of halogens is 1. The van der Waals surface area contributed by atoms with Crippen molar-refractivity contribution in [1.29, 1.82) is 0 Å². The van der Waals surface area contributed by atoms with Gasteiger partial charge in [0.15, 0.2) is 0 Å². The first-order valence-electron chi connectivity index (χ1n) is 9.59. The Morgan fingerprint density at radius 3 is 2.56 bits per heavy atom. The van der Waals surface area contributed by atoms with E-state index >= 15 is 0 Å². The fourth-order valence-electron chi connectivity index (χ4n) is 3.19. The summed E-state index contributed by atoms with van der Waals surface area (Å²) in [6.45, 7) is 0.120. The van der Waals surface area contributed by atoms with Gasteiger partial charge in [0.25, 0.3) is 11.8 Å². The number of benzene rings is 3. The zero-order valence-corrected chi connectivity index (χ0v) is 18.2. The molecule has 1 aliphatic heterocycles. The van der Waals surface area contributed by atoms with Gasteiger partial charge >= 0.3 is 5.97 Å². The first-order valence-corrected chi connectivity index (χ1v) is 10.4. The van der Waals surface area contributed by atoms with Gasteiger partial charge in [-0.05, 0) is 54.1 Å². The van der Waals surface area contributed by atoms with Gasteiger partial charge in [0.2, 0.25) is 0 Å². The van der Waals surface area contributed by atoms with Crippen LogP contribution in [0.15, 0.2) is 82.8 Å². The molecular formula is C24H17BrN2O5. The van der Waals surface area contributed by atoms with Crippen LogP contribution in [0.5, 0.6) is 5.75 Å². The van der Waals surface area contributed by atoms with E-state index in [4.69, 9.17) is 9.84 Å². The topological polar surface area (TPSA) is 95.9 Å². The molecule has 1 fully saturated rings. The summed E-state index contributed by atoms with van der Waals surface area (Å²) >= 11 is 3.40. The predicted octanol–water partition coefficient (Wildman–Crippen LogP) is 4.19. The van der Waals surface area contributed by atoms with Gasteiger partial charge in [0, 0.05) is 10.0 Å². The summed E-state index contributed by atoms with van der Waals surface area (Å²) in [4.78, 5) is 36.5. The van der Waals surface area contributed by atoms with Gasteiger partial charge in [-0.1, -0.05) is 46.3 Å². The molecule has 160 valence electrons. The lowest BCUT2D eigenvalue weighted by Crippen LogP contribution is -2.35. The summed E-state index contributed by atoms with van der Waals surface area (Å²) in [7, 11) is 0. The highest BCUT2D eigenvalue weighted by Crippen LogP contribution is 2.28. The number of nitrogens with one attached hydrogen (secondary N) is 1. The molecule has 0 radical (unpaired) electrons. The highest BCUT2D eigenvalue weighted by molar-refractivity contribution is 9.10. The summed E-state index contributed by atoms with van der Waals surface area (Å²) in [5.41, 5.74) is 4.47. The quantitative estimate of drug-likeness (QED) is 0.397. The largest absolute Gasteiger partial charge is 0.488 e. The Morgan fingerprint density at radius 1 is 1.03 bits per heavy atom. The number of nitrogens with zero attached hydrogens (tertiary/aromatic N) is 1. The van der Waals surface area contributed by atoms with Crippen LogP contribution in [-0.2, 0) is 16.2 Å². The molecule has 7 nitrogen and oxygen atoms in total. The van der Waals surface area contributed by atoms with Crippen LogP contribution in [0.1, 0.15) is 21.5 Å². The third-order valence-electron chi connectivity index (χ3n) is 4.75. The number of carbonyl (C=O) groups is 3. The molecule has 8 heteroatoms. The number of aromatic carboxylic acids is 1. The first kappa shape index (κ1) is 21.3. The third-order valence-corrected chi connectivity index (χ3v) is 5.24. The second-order valence-electron chi connectivity index (χ2n) is 6.95. The Kier molecular flexibility index (Phi) is 6.04. The smallest absolute Gasteiger partial charge is 0.335 e. The minimum atomic E-state index is -1.02. The molecule has 3 aromatic rings. The first-order chi connectivity index (χ1) is 15.4. The van der Waals surface area contributed by atoms with Crippen molar-refractivity contribution in [2.45, 2.75) is 6.61 Å². The van der Waals surface area contributed by atoms with Gasteiger partial charge < -0.3 is 9.84 Å². The molecule has 1 aliphatic rings. The number of carbonyl (C=O) groups excluding carboxylic acids is 2. The van der Waals surface area contributed by atoms with Gasteiger partial charge in [0.1, 0.15) is 17.9 Å². The highest BCUT2D eigenvalue weighted by Gasteiger charge is 2.34. The lowest BCUT2D eigenvalue weighted by atomic mass is 10.1. The number of hydrazine groups is 1. The lowest BCUT2D eigenvalue weighted by molar-refractivity contribution is -0.117. The molecule has 3 aromatic carbocycles. The number of amides is 2. The number of para-hydroxylation sites is 1. The molecule has 0 atom stereocenters. The monoisotopic (exact) mass is 492 g/mol. The highest BCUT2D eigenvalue weighted by atomic mass is 79.9. The zero-order valence-electron chi connectivity index (χ0n) is 16.6. The van der Waals surface area contributed by atoms with Crippen molar-refractivity contribution in [3.63, 3.8) is 0 Å². The van der Waals surface area contributed by atoms with Crippen LogP contribution in [0.2, 0.25) is 0 Å². The van der Waals surface area contributed by atoms with Gasteiger partial charge in [-0.15, -0.1) is 0 Å². The average Bonchev–Trinajstić information content (AvgIpc) is 3.07. The number of carboxylic acid groups (broad SMARTS) is 1. The summed E-state index contributed by atoms with van der Waals surface area (Å²) < 4.78 is 6.64. The molecule has 1 saturated heterocycles. The number of hydrogen-bond donors (Lipinski definition) is 2. The Morgan fingerprint density at radius 2 is 1.81 bits per heavy atom. The van der Waals surface area contributed by atoms with Crippen LogP contribution < -0.4 is 15.2 Å². The van der Waals surface area contributed by atoms with E-state index in [-0.39, 0.29) is 17.7 Å². The van der Waals surface area contributed by atoms with Gasteiger partial charge in [0.05, 0.1) is 11.3 Å². The van der Waals surface area contributed by atoms with Gasteiger partial charge in [-0.25, -0.2) is 9.80 Å². The van der Waals surface area contributed by atoms with Gasteiger partial charge in [-0.3, -0.25) is 15.0 Å². The van der Waals surface area contributed by atoms with Crippen molar-refractivity contribution in [3.8, 4) is 5.75 Å². The van der Waals surface area contributed by atoms with Crippen molar-refractivity contribution in [3.05, 3.63) is 99.5 Å². The maximum Gasteiger partial charge on any atom is 0.335 e. The molecule has 0 saturated carbocycles. The predicted molar refractivity (Wildman–Crippen MR) is 122 cm³/mol. The van der Waals surface area contributed by atoms with Crippen LogP contribution in [0.3, 0.4) is 0 Å². The molecule has 0 spiro atoms. The van der Waals surface area contributed by atoms with E-state index < -0.39 is 17.8 Å². The van der Waals surface area contributed by atoms with E-state index in [0.29, 0.717) is 22.6 Å². The van der Waals surface area contributed by atoms with E-state index in [2.05, 4.69) is 21.4 Å². The normalized spacial score (nSPS) is 14.5. The Labute approximate surface area is 192 Å². The SMILES string of the molecule is O=C1NN(c2ccccc2)C(=O)/C1=C\c1cc(Br)ccc1OCc1cccc(C(=O)O)c1. The zero-order chi connectivity index (χ0) is 22.7. The van der Waals surface area contributed by atoms with Crippen LogP contribution in [-0.4, -0.2) is 22.9 Å². The Hall–Kier alpha value is -3.91. The summed E-state index contributed by atoms with van der Waals surface area (Å²) in [6.07, 6.45) is 1.48. The standard InChI is InChI=1S/C24H17BrN2O5/c25-18-9-10-21(32-14-15-5-4-6-16(11-15)24(30)31)17(12-18)13-20-22(28)26-27(23(20)29)19-7-2-1-3-8-19/h1-13H,14H2,(H,26,28)(H,30,31)/b20-13-. The van der Waals surface area contributed by atoms with Crippen LogP contribution >= 0.6 is 15.9 Å². The number of anilines is 1. The fraction of sp³-hybridized carbons (Fsp3) is 0.0417. The molecule has 2 N–H and O–H groups in total. The second-order valence-corrected chi connectivity index (χ2v) is 7.87. The average molecular weight is 493 g/mol. The molecule has 1 heterocycles.